The van der Waals surface area contributed by atoms with Crippen LogP contribution in [0.3, 0.4) is 0 Å². The van der Waals surface area contributed by atoms with E-state index >= 15 is 0 Å². The molecule has 0 saturated carbocycles. The highest BCUT2D eigenvalue weighted by Gasteiger charge is 2.32. The van der Waals surface area contributed by atoms with Crippen molar-refractivity contribution in [3.63, 3.8) is 0 Å². The summed E-state index contributed by atoms with van der Waals surface area (Å²) in [5, 5.41) is 11.6. The summed E-state index contributed by atoms with van der Waals surface area (Å²) in [6.07, 6.45) is 4.19. The first kappa shape index (κ1) is 13.5. The van der Waals surface area contributed by atoms with Crippen LogP contribution in [0.5, 0.6) is 0 Å². The van der Waals surface area contributed by atoms with E-state index in [4.69, 9.17) is 9.15 Å². The van der Waals surface area contributed by atoms with Gasteiger partial charge in [0.05, 0.1) is 12.0 Å². The van der Waals surface area contributed by atoms with Crippen molar-refractivity contribution in [2.24, 2.45) is 0 Å². The largest absolute Gasteiger partial charge is 0.425 e. The number of nitrogens with one attached hydrogen (secondary N) is 1. The van der Waals surface area contributed by atoms with E-state index in [0.29, 0.717) is 5.92 Å². The maximum atomic E-state index is 5.74. The maximum absolute atomic E-state index is 5.74. The van der Waals surface area contributed by atoms with Crippen molar-refractivity contribution in [1.29, 1.82) is 0 Å². The van der Waals surface area contributed by atoms with Crippen LogP contribution in [0.25, 0.3) is 0 Å². The standard InChI is InChI=1S/C13H23N3O2/c1-3-7-14-8-5-12-15-16-13(18-12)10-6-9-17-11(10)4-2/h10-11,14H,3-9H2,1-2H3. The lowest BCUT2D eigenvalue weighted by Crippen LogP contribution is -2.17. The van der Waals surface area contributed by atoms with E-state index < -0.39 is 0 Å². The van der Waals surface area contributed by atoms with Gasteiger partial charge in [-0.15, -0.1) is 10.2 Å². The highest BCUT2D eigenvalue weighted by Crippen LogP contribution is 2.32. The predicted octanol–water partition coefficient (Wildman–Crippen LogP) is 1.89. The summed E-state index contributed by atoms with van der Waals surface area (Å²) in [6, 6.07) is 0. The van der Waals surface area contributed by atoms with Crippen LogP contribution in [-0.2, 0) is 11.2 Å². The summed E-state index contributed by atoms with van der Waals surface area (Å²) < 4.78 is 11.4. The van der Waals surface area contributed by atoms with E-state index in [0.717, 1.165) is 57.2 Å². The van der Waals surface area contributed by atoms with Gasteiger partial charge in [-0.1, -0.05) is 13.8 Å². The van der Waals surface area contributed by atoms with Crippen LogP contribution in [0, 0.1) is 0 Å². The van der Waals surface area contributed by atoms with E-state index in [9.17, 15) is 0 Å². The zero-order valence-corrected chi connectivity index (χ0v) is 11.3. The second kappa shape index (κ2) is 6.85. The lowest BCUT2D eigenvalue weighted by molar-refractivity contribution is 0.0963. The van der Waals surface area contributed by atoms with Gasteiger partial charge in [-0.25, -0.2) is 0 Å². The molecular formula is C13H23N3O2. The minimum Gasteiger partial charge on any atom is -0.425 e. The molecule has 0 radical (unpaired) electrons. The highest BCUT2D eigenvalue weighted by atomic mass is 16.5. The van der Waals surface area contributed by atoms with Crippen molar-refractivity contribution in [2.75, 3.05) is 19.7 Å². The van der Waals surface area contributed by atoms with E-state index in [1.165, 1.54) is 0 Å². The first-order valence-corrected chi connectivity index (χ1v) is 6.99. The average Bonchev–Trinajstić information content (AvgIpc) is 3.02. The lowest BCUT2D eigenvalue weighted by Gasteiger charge is -2.12. The Bertz CT molecular complexity index is 354. The topological polar surface area (TPSA) is 60.2 Å². The van der Waals surface area contributed by atoms with Crippen molar-refractivity contribution in [1.82, 2.24) is 15.5 Å². The molecule has 2 rings (SSSR count). The van der Waals surface area contributed by atoms with E-state index in [2.05, 4.69) is 29.4 Å². The third kappa shape index (κ3) is 3.29. The molecule has 5 heteroatoms. The molecule has 102 valence electrons. The molecule has 1 aliphatic rings. The van der Waals surface area contributed by atoms with Crippen LogP contribution in [0.15, 0.2) is 4.42 Å². The Balaban J connectivity index is 1.85. The number of rotatable bonds is 7. The third-order valence-corrected chi connectivity index (χ3v) is 3.35. The van der Waals surface area contributed by atoms with Crippen LogP contribution in [0.4, 0.5) is 0 Å². The lowest BCUT2D eigenvalue weighted by atomic mass is 10.00. The first-order chi connectivity index (χ1) is 8.85. The number of hydrogen-bond acceptors (Lipinski definition) is 5. The van der Waals surface area contributed by atoms with Crippen LogP contribution in [-0.4, -0.2) is 36.0 Å². The zero-order chi connectivity index (χ0) is 12.8. The summed E-state index contributed by atoms with van der Waals surface area (Å²) in [5.41, 5.74) is 0. The average molecular weight is 253 g/mol. The molecule has 0 spiro atoms. The summed E-state index contributed by atoms with van der Waals surface area (Å²) in [6.45, 7) is 7.03. The minimum absolute atomic E-state index is 0.247. The summed E-state index contributed by atoms with van der Waals surface area (Å²) in [5.74, 6) is 1.78. The summed E-state index contributed by atoms with van der Waals surface area (Å²) in [7, 11) is 0. The molecule has 1 aliphatic heterocycles. The highest BCUT2D eigenvalue weighted by molar-refractivity contribution is 4.98. The van der Waals surface area contributed by atoms with Crippen LogP contribution < -0.4 is 5.32 Å². The molecule has 0 bridgehead atoms. The van der Waals surface area contributed by atoms with Crippen LogP contribution in [0.1, 0.15) is 50.8 Å². The van der Waals surface area contributed by atoms with Gasteiger partial charge in [-0.3, -0.25) is 0 Å². The number of hydrogen-bond donors (Lipinski definition) is 1. The van der Waals surface area contributed by atoms with E-state index in [1.54, 1.807) is 0 Å². The SMILES string of the molecule is CCCNCCc1nnc(C2CCOC2CC)o1. The van der Waals surface area contributed by atoms with Gasteiger partial charge in [0.1, 0.15) is 0 Å². The Labute approximate surface area is 108 Å². The van der Waals surface area contributed by atoms with Crippen molar-refractivity contribution in [3.8, 4) is 0 Å². The summed E-state index contributed by atoms with van der Waals surface area (Å²) >= 11 is 0. The van der Waals surface area contributed by atoms with Gasteiger partial charge < -0.3 is 14.5 Å². The molecule has 2 heterocycles. The monoisotopic (exact) mass is 253 g/mol. The number of aromatic nitrogens is 2. The predicted molar refractivity (Wildman–Crippen MR) is 68.6 cm³/mol. The van der Waals surface area contributed by atoms with Gasteiger partial charge in [0.25, 0.3) is 0 Å². The van der Waals surface area contributed by atoms with Gasteiger partial charge >= 0.3 is 0 Å². The van der Waals surface area contributed by atoms with Gasteiger partial charge in [0, 0.05) is 19.6 Å². The van der Waals surface area contributed by atoms with E-state index in [-0.39, 0.29) is 6.10 Å². The van der Waals surface area contributed by atoms with Crippen molar-refractivity contribution in [3.05, 3.63) is 11.8 Å². The van der Waals surface area contributed by atoms with Crippen molar-refractivity contribution < 1.29 is 9.15 Å². The van der Waals surface area contributed by atoms with E-state index in [1.807, 2.05) is 0 Å². The molecule has 1 aromatic rings. The quantitative estimate of drug-likeness (QED) is 0.752. The fraction of sp³-hybridized carbons (Fsp3) is 0.846. The van der Waals surface area contributed by atoms with Gasteiger partial charge in [-0.2, -0.15) is 0 Å². The van der Waals surface area contributed by atoms with Crippen LogP contribution in [0.2, 0.25) is 0 Å². The Kier molecular flexibility index (Phi) is 5.13. The molecule has 0 aliphatic carbocycles. The molecule has 1 saturated heterocycles. The molecule has 1 N–H and O–H groups in total. The van der Waals surface area contributed by atoms with Gasteiger partial charge in [-0.05, 0) is 25.8 Å². The van der Waals surface area contributed by atoms with Crippen molar-refractivity contribution in [2.45, 2.75) is 51.6 Å². The molecular weight excluding hydrogens is 230 g/mol. The fourth-order valence-electron chi connectivity index (χ4n) is 2.35. The second-order valence-electron chi connectivity index (χ2n) is 4.75. The summed E-state index contributed by atoms with van der Waals surface area (Å²) in [4.78, 5) is 0. The zero-order valence-electron chi connectivity index (χ0n) is 11.3. The molecule has 2 unspecified atom stereocenters. The normalized spacial score (nSPS) is 23.7. The van der Waals surface area contributed by atoms with Crippen LogP contribution >= 0.6 is 0 Å². The maximum Gasteiger partial charge on any atom is 0.222 e. The second-order valence-corrected chi connectivity index (χ2v) is 4.75. The Hall–Kier alpha value is -0.940. The molecule has 0 amide bonds. The molecule has 1 fully saturated rings. The molecule has 0 aromatic carbocycles. The van der Waals surface area contributed by atoms with Crippen molar-refractivity contribution >= 4 is 0 Å². The Morgan fingerprint density at radius 2 is 2.17 bits per heavy atom. The third-order valence-electron chi connectivity index (χ3n) is 3.35. The molecule has 2 atom stereocenters. The van der Waals surface area contributed by atoms with Gasteiger partial charge in [0.2, 0.25) is 11.8 Å². The number of ether oxygens (including phenoxy) is 1. The van der Waals surface area contributed by atoms with Gasteiger partial charge in [0.15, 0.2) is 0 Å². The first-order valence-electron chi connectivity index (χ1n) is 6.99. The molecule has 1 aromatic heterocycles. The Morgan fingerprint density at radius 3 is 2.94 bits per heavy atom. The molecule has 18 heavy (non-hydrogen) atoms. The minimum atomic E-state index is 0.247. The number of nitrogens with zero attached hydrogens (tertiary/aromatic N) is 2. The Morgan fingerprint density at radius 1 is 1.28 bits per heavy atom. The fourth-order valence-corrected chi connectivity index (χ4v) is 2.35. The molecule has 5 nitrogen and oxygen atoms in total. The smallest absolute Gasteiger partial charge is 0.222 e.